The molecule has 0 aliphatic carbocycles. The van der Waals surface area contributed by atoms with Gasteiger partial charge < -0.3 is 19.2 Å². The number of pyridine rings is 1. The van der Waals surface area contributed by atoms with Crippen molar-refractivity contribution in [3.63, 3.8) is 0 Å². The van der Waals surface area contributed by atoms with Crippen LogP contribution in [0.5, 0.6) is 0 Å². The zero-order chi connectivity index (χ0) is 20.0. The van der Waals surface area contributed by atoms with E-state index in [1.165, 1.54) is 0 Å². The summed E-state index contributed by atoms with van der Waals surface area (Å²) in [6.45, 7) is 0. The molecule has 2 N–H and O–H groups in total. The first-order valence-electron chi connectivity index (χ1n) is 8.55. The van der Waals surface area contributed by atoms with Crippen LogP contribution in [0, 0.1) is 0 Å². The van der Waals surface area contributed by atoms with Crippen LogP contribution in [0.25, 0.3) is 27.9 Å². The molecule has 29 heavy (non-hydrogen) atoms. The normalized spacial score (nSPS) is 11.2. The van der Waals surface area contributed by atoms with Gasteiger partial charge in [-0.2, -0.15) is 0 Å². The highest BCUT2D eigenvalue weighted by Crippen LogP contribution is 2.36. The highest BCUT2D eigenvalue weighted by atomic mass is 32.1. The second-order valence-corrected chi connectivity index (χ2v) is 7.09. The fourth-order valence-electron chi connectivity index (χ4n) is 3.08. The second-order valence-electron chi connectivity index (χ2n) is 6.21. The molecule has 0 spiro atoms. The van der Waals surface area contributed by atoms with Crippen molar-refractivity contribution in [1.29, 1.82) is 0 Å². The number of para-hydroxylation sites is 2. The molecule has 4 heterocycles. The number of rotatable bonds is 4. The summed E-state index contributed by atoms with van der Waals surface area (Å²) in [5, 5.41) is 14.3. The quantitative estimate of drug-likeness (QED) is 0.466. The average molecular weight is 404 g/mol. The Balaban J connectivity index is 1.51. The Hall–Kier alpha value is -3.98. The van der Waals surface area contributed by atoms with Crippen LogP contribution in [-0.4, -0.2) is 31.4 Å². The SMILES string of the molecule is O=C(Nc1scc(-c2ccc3nccn3c2)c1C(=O)O)c1nc2ccccc2o1. The number of oxazole rings is 1. The van der Waals surface area contributed by atoms with Crippen molar-refractivity contribution in [3.8, 4) is 11.1 Å². The van der Waals surface area contributed by atoms with Gasteiger partial charge in [-0.1, -0.05) is 12.1 Å². The second kappa shape index (κ2) is 6.57. The molecule has 5 aromatic rings. The predicted molar refractivity (Wildman–Crippen MR) is 107 cm³/mol. The smallest absolute Gasteiger partial charge is 0.339 e. The molecule has 0 unspecified atom stereocenters. The van der Waals surface area contributed by atoms with E-state index in [1.54, 1.807) is 64.8 Å². The van der Waals surface area contributed by atoms with Gasteiger partial charge in [0.15, 0.2) is 5.58 Å². The lowest BCUT2D eigenvalue weighted by Crippen LogP contribution is -2.13. The van der Waals surface area contributed by atoms with E-state index in [1.807, 2.05) is 0 Å². The van der Waals surface area contributed by atoms with Gasteiger partial charge in [0.05, 0.1) is 0 Å². The fraction of sp³-hybridized carbons (Fsp3) is 0. The number of hydrogen-bond donors (Lipinski definition) is 2. The zero-order valence-corrected chi connectivity index (χ0v) is 15.5. The van der Waals surface area contributed by atoms with Gasteiger partial charge >= 0.3 is 11.9 Å². The van der Waals surface area contributed by atoms with E-state index in [9.17, 15) is 14.7 Å². The summed E-state index contributed by atoms with van der Waals surface area (Å²) in [7, 11) is 0. The number of aromatic nitrogens is 3. The van der Waals surface area contributed by atoms with E-state index in [0.717, 1.165) is 17.0 Å². The van der Waals surface area contributed by atoms with Crippen LogP contribution in [0.2, 0.25) is 0 Å². The lowest BCUT2D eigenvalue weighted by Gasteiger charge is -2.05. The van der Waals surface area contributed by atoms with Crippen molar-refractivity contribution >= 4 is 45.0 Å². The van der Waals surface area contributed by atoms with Gasteiger partial charge in [-0.05, 0) is 24.3 Å². The Bertz CT molecular complexity index is 1370. The molecular weight excluding hydrogens is 392 g/mol. The van der Waals surface area contributed by atoms with E-state index >= 15 is 0 Å². The van der Waals surface area contributed by atoms with Gasteiger partial charge in [0, 0.05) is 35.1 Å². The summed E-state index contributed by atoms with van der Waals surface area (Å²) >= 11 is 1.13. The minimum absolute atomic E-state index is 0.0129. The van der Waals surface area contributed by atoms with E-state index in [2.05, 4.69) is 15.3 Å². The average Bonchev–Trinajstić information content (AvgIpc) is 3.44. The topological polar surface area (TPSA) is 110 Å². The van der Waals surface area contributed by atoms with Gasteiger partial charge in [0.25, 0.3) is 5.89 Å². The minimum atomic E-state index is -1.14. The molecule has 9 heteroatoms. The molecule has 1 aromatic carbocycles. The van der Waals surface area contributed by atoms with Crippen molar-refractivity contribution in [3.05, 3.63) is 71.8 Å². The van der Waals surface area contributed by atoms with E-state index in [0.29, 0.717) is 22.2 Å². The Labute approximate surface area is 167 Å². The van der Waals surface area contributed by atoms with Crippen molar-refractivity contribution in [1.82, 2.24) is 14.4 Å². The third kappa shape index (κ3) is 2.93. The molecule has 5 rings (SSSR count). The number of benzene rings is 1. The van der Waals surface area contributed by atoms with Crippen molar-refractivity contribution in [2.45, 2.75) is 0 Å². The summed E-state index contributed by atoms with van der Waals surface area (Å²) in [5.41, 5.74) is 3.01. The highest BCUT2D eigenvalue weighted by molar-refractivity contribution is 7.15. The molecular formula is C20H12N4O4S. The van der Waals surface area contributed by atoms with Gasteiger partial charge in [0.1, 0.15) is 21.7 Å². The Morgan fingerprint density at radius 3 is 2.86 bits per heavy atom. The third-order valence-electron chi connectivity index (χ3n) is 4.42. The first-order valence-corrected chi connectivity index (χ1v) is 9.43. The minimum Gasteiger partial charge on any atom is -0.478 e. The number of carboxylic acids is 1. The van der Waals surface area contributed by atoms with Crippen LogP contribution in [0.3, 0.4) is 0 Å². The first-order chi connectivity index (χ1) is 14.1. The van der Waals surface area contributed by atoms with Crippen LogP contribution in [0.15, 0.2) is 64.8 Å². The maximum absolute atomic E-state index is 12.6. The molecule has 0 radical (unpaired) electrons. The number of carboxylic acid groups (broad SMARTS) is 1. The Morgan fingerprint density at radius 2 is 2.03 bits per heavy atom. The summed E-state index contributed by atoms with van der Waals surface area (Å²) in [6.07, 6.45) is 5.24. The van der Waals surface area contributed by atoms with Crippen LogP contribution < -0.4 is 5.32 Å². The fourth-order valence-corrected chi connectivity index (χ4v) is 4.04. The molecule has 4 aromatic heterocycles. The molecule has 0 saturated heterocycles. The zero-order valence-electron chi connectivity index (χ0n) is 14.7. The van der Waals surface area contributed by atoms with Crippen molar-refractivity contribution in [2.24, 2.45) is 0 Å². The monoisotopic (exact) mass is 404 g/mol. The molecule has 0 bridgehead atoms. The number of amides is 1. The van der Waals surface area contributed by atoms with Crippen LogP contribution in [0.4, 0.5) is 5.00 Å². The molecule has 0 atom stereocenters. The predicted octanol–water partition coefficient (Wildman–Crippen LogP) is 4.15. The van der Waals surface area contributed by atoms with E-state index < -0.39 is 11.9 Å². The van der Waals surface area contributed by atoms with Gasteiger partial charge in [-0.15, -0.1) is 11.3 Å². The number of nitrogens with one attached hydrogen (secondary N) is 1. The van der Waals surface area contributed by atoms with Crippen LogP contribution in [-0.2, 0) is 0 Å². The standard InChI is InChI=1S/C20H12N4O4S/c25-17(18-22-13-3-1-2-4-14(13)28-18)23-19-16(20(26)27)12(10-29-19)11-5-6-15-21-7-8-24(15)9-11/h1-10H,(H,23,25)(H,26,27). The van der Waals surface area contributed by atoms with Gasteiger partial charge in [-0.3, -0.25) is 4.79 Å². The molecule has 0 fully saturated rings. The van der Waals surface area contributed by atoms with Crippen molar-refractivity contribution < 1.29 is 19.1 Å². The van der Waals surface area contributed by atoms with Gasteiger partial charge in [-0.25, -0.2) is 14.8 Å². The lowest BCUT2D eigenvalue weighted by molar-refractivity contribution is 0.0699. The summed E-state index contributed by atoms with van der Waals surface area (Å²) in [5.74, 6) is -1.88. The lowest BCUT2D eigenvalue weighted by atomic mass is 10.1. The molecule has 142 valence electrons. The van der Waals surface area contributed by atoms with Crippen molar-refractivity contribution in [2.75, 3.05) is 5.32 Å². The number of carbonyl (C=O) groups is 2. The maximum Gasteiger partial charge on any atom is 0.339 e. The van der Waals surface area contributed by atoms with E-state index in [4.69, 9.17) is 4.42 Å². The third-order valence-corrected chi connectivity index (χ3v) is 5.32. The molecule has 0 aliphatic heterocycles. The number of imidazole rings is 1. The van der Waals surface area contributed by atoms with Crippen LogP contribution in [0.1, 0.15) is 21.0 Å². The molecule has 1 amide bonds. The number of anilines is 1. The number of aromatic carboxylic acids is 1. The molecule has 0 aliphatic rings. The summed E-state index contributed by atoms with van der Waals surface area (Å²) < 4.78 is 7.26. The molecule has 0 saturated carbocycles. The van der Waals surface area contributed by atoms with E-state index in [-0.39, 0.29) is 16.5 Å². The van der Waals surface area contributed by atoms with Gasteiger partial charge in [0.2, 0.25) is 0 Å². The largest absolute Gasteiger partial charge is 0.478 e. The number of fused-ring (bicyclic) bond motifs is 2. The maximum atomic E-state index is 12.6. The number of hydrogen-bond acceptors (Lipinski definition) is 6. The number of nitrogens with zero attached hydrogens (tertiary/aromatic N) is 3. The summed E-state index contributed by atoms with van der Waals surface area (Å²) in [4.78, 5) is 32.9. The molecule has 8 nitrogen and oxygen atoms in total. The van der Waals surface area contributed by atoms with Crippen LogP contribution >= 0.6 is 11.3 Å². The highest BCUT2D eigenvalue weighted by Gasteiger charge is 2.23. The Kier molecular flexibility index (Phi) is 3.88. The number of carbonyl (C=O) groups excluding carboxylic acids is 1. The summed E-state index contributed by atoms with van der Waals surface area (Å²) in [6, 6.07) is 10.6. The first kappa shape index (κ1) is 17.1. The number of thiophene rings is 1. The Morgan fingerprint density at radius 1 is 1.17 bits per heavy atom.